The van der Waals surface area contributed by atoms with Crippen molar-refractivity contribution in [1.29, 1.82) is 5.26 Å². The molecule has 2 nitrogen and oxygen atoms in total. The van der Waals surface area contributed by atoms with Crippen molar-refractivity contribution in [2.75, 3.05) is 0 Å². The molecular formula is C41H28N2. The first-order valence-electron chi connectivity index (χ1n) is 14.8. The van der Waals surface area contributed by atoms with E-state index in [9.17, 15) is 5.26 Å². The second-order valence-electron chi connectivity index (χ2n) is 11.4. The molecule has 202 valence electrons. The molecule has 0 fully saturated rings. The highest BCUT2D eigenvalue weighted by atomic mass is 14.7. The lowest BCUT2D eigenvalue weighted by Gasteiger charge is -2.41. The van der Waals surface area contributed by atoms with E-state index < -0.39 is 5.41 Å². The number of hydrogen-bond acceptors (Lipinski definition) is 2. The highest BCUT2D eigenvalue weighted by Gasteiger charge is 2.55. The van der Waals surface area contributed by atoms with Crippen LogP contribution in [0.15, 0.2) is 158 Å². The smallest absolute Gasteiger partial charge is 0.141 e. The molecule has 0 saturated carbocycles. The Balaban J connectivity index is 1.49. The van der Waals surface area contributed by atoms with E-state index in [1.807, 2.05) is 12.1 Å². The zero-order chi connectivity index (χ0) is 28.8. The van der Waals surface area contributed by atoms with Crippen molar-refractivity contribution >= 4 is 5.57 Å². The van der Waals surface area contributed by atoms with Crippen molar-refractivity contribution in [3.63, 3.8) is 0 Å². The summed E-state index contributed by atoms with van der Waals surface area (Å²) in [4.78, 5) is 4.23. The van der Waals surface area contributed by atoms with Crippen LogP contribution in [0.4, 0.5) is 0 Å². The third kappa shape index (κ3) is 3.83. The van der Waals surface area contributed by atoms with Gasteiger partial charge in [-0.15, -0.1) is 0 Å². The largest absolute Gasteiger partial charge is 0.246 e. The van der Waals surface area contributed by atoms with Crippen LogP contribution in [0.1, 0.15) is 50.6 Å². The fourth-order valence-electron chi connectivity index (χ4n) is 7.64. The zero-order valence-corrected chi connectivity index (χ0v) is 23.6. The molecule has 0 bridgehead atoms. The molecule has 0 aliphatic heterocycles. The lowest BCUT2D eigenvalue weighted by molar-refractivity contribution is 0.450. The van der Waals surface area contributed by atoms with Crippen LogP contribution in [-0.2, 0) is 5.41 Å². The van der Waals surface area contributed by atoms with Gasteiger partial charge >= 0.3 is 0 Å². The summed E-state index contributed by atoms with van der Waals surface area (Å²) in [7, 11) is 0. The molecule has 43 heavy (non-hydrogen) atoms. The van der Waals surface area contributed by atoms with Gasteiger partial charge in [0.15, 0.2) is 0 Å². The maximum atomic E-state index is 9.58. The molecule has 2 heteroatoms. The number of nitriles is 1. The highest BCUT2D eigenvalue weighted by molar-refractivity contribution is 5.86. The number of nitrogens with zero attached hydrogens (tertiary/aromatic N) is 2. The van der Waals surface area contributed by atoms with Gasteiger partial charge < -0.3 is 0 Å². The van der Waals surface area contributed by atoms with Gasteiger partial charge in [0.25, 0.3) is 0 Å². The lowest BCUT2D eigenvalue weighted by Crippen LogP contribution is -2.36. The summed E-state index contributed by atoms with van der Waals surface area (Å²) in [5, 5.41) is 9.58. The van der Waals surface area contributed by atoms with E-state index in [2.05, 4.69) is 151 Å². The van der Waals surface area contributed by atoms with Crippen molar-refractivity contribution in [1.82, 2.24) is 4.98 Å². The number of allylic oxidation sites excluding steroid dienone is 1. The molecule has 0 radical (unpaired) electrons. The topological polar surface area (TPSA) is 36.7 Å². The average Bonchev–Trinajstić information content (AvgIpc) is 3.39. The van der Waals surface area contributed by atoms with Crippen LogP contribution in [0.5, 0.6) is 0 Å². The van der Waals surface area contributed by atoms with Crippen LogP contribution >= 0.6 is 0 Å². The van der Waals surface area contributed by atoms with Crippen LogP contribution in [0.25, 0.3) is 16.7 Å². The fraction of sp³-hybridized carbons (Fsp3) is 0.0732. The maximum absolute atomic E-state index is 9.58. The SMILES string of the molecule is N#Cc1cc(-c2ccc3c(c2)C(c2ccccc2)(c2ccccc2)C2C=C(c4ccccc4)c4ccccc4C32)ccn1. The van der Waals surface area contributed by atoms with Crippen molar-refractivity contribution < 1.29 is 0 Å². The van der Waals surface area contributed by atoms with E-state index in [-0.39, 0.29) is 11.8 Å². The quantitative estimate of drug-likeness (QED) is 0.220. The number of aromatic nitrogens is 1. The summed E-state index contributed by atoms with van der Waals surface area (Å²) in [5.74, 6) is 0.319. The molecule has 2 atom stereocenters. The van der Waals surface area contributed by atoms with E-state index in [0.717, 1.165) is 11.1 Å². The van der Waals surface area contributed by atoms with Gasteiger partial charge in [-0.3, -0.25) is 0 Å². The first-order chi connectivity index (χ1) is 21.3. The van der Waals surface area contributed by atoms with Gasteiger partial charge in [-0.05, 0) is 73.8 Å². The number of hydrogen-bond donors (Lipinski definition) is 0. The van der Waals surface area contributed by atoms with Gasteiger partial charge in [0.05, 0.1) is 5.41 Å². The summed E-state index contributed by atoms with van der Waals surface area (Å²) >= 11 is 0. The van der Waals surface area contributed by atoms with E-state index in [1.54, 1.807) is 6.20 Å². The minimum atomic E-state index is -0.433. The summed E-state index contributed by atoms with van der Waals surface area (Å²) in [5.41, 5.74) is 12.5. The Morgan fingerprint density at radius 1 is 0.581 bits per heavy atom. The highest BCUT2D eigenvalue weighted by Crippen LogP contribution is 2.63. The lowest BCUT2D eigenvalue weighted by atomic mass is 9.61. The van der Waals surface area contributed by atoms with Gasteiger partial charge in [-0.1, -0.05) is 133 Å². The third-order valence-corrected chi connectivity index (χ3v) is 9.36. The first-order valence-corrected chi connectivity index (χ1v) is 14.8. The Labute approximate surface area is 252 Å². The van der Waals surface area contributed by atoms with Gasteiger partial charge in [-0.2, -0.15) is 5.26 Å². The van der Waals surface area contributed by atoms with E-state index in [4.69, 9.17) is 0 Å². The Bertz CT molecular complexity index is 2000. The Morgan fingerprint density at radius 3 is 1.91 bits per heavy atom. The van der Waals surface area contributed by atoms with Gasteiger partial charge in [-0.25, -0.2) is 4.98 Å². The van der Waals surface area contributed by atoms with E-state index >= 15 is 0 Å². The molecule has 8 rings (SSSR count). The molecule has 0 saturated heterocycles. The molecule has 0 amide bonds. The van der Waals surface area contributed by atoms with Crippen LogP contribution in [0, 0.1) is 17.2 Å². The average molecular weight is 549 g/mol. The summed E-state index contributed by atoms with van der Waals surface area (Å²) in [6, 6.07) is 54.8. The molecule has 1 aromatic heterocycles. The summed E-state index contributed by atoms with van der Waals surface area (Å²) in [6.07, 6.45) is 4.29. The minimum Gasteiger partial charge on any atom is -0.246 e. The third-order valence-electron chi connectivity index (χ3n) is 9.36. The summed E-state index contributed by atoms with van der Waals surface area (Å²) < 4.78 is 0. The van der Waals surface area contributed by atoms with Crippen LogP contribution in [-0.4, -0.2) is 4.98 Å². The Hall–Kier alpha value is -5.52. The van der Waals surface area contributed by atoms with Crippen LogP contribution < -0.4 is 0 Å². The molecule has 1 heterocycles. The number of fused-ring (bicyclic) bond motifs is 5. The van der Waals surface area contributed by atoms with Crippen molar-refractivity contribution in [3.8, 4) is 17.2 Å². The zero-order valence-electron chi connectivity index (χ0n) is 23.6. The first kappa shape index (κ1) is 25.2. The molecule has 5 aromatic carbocycles. The fourth-order valence-corrected chi connectivity index (χ4v) is 7.64. The number of rotatable bonds is 4. The molecular weight excluding hydrogens is 520 g/mol. The van der Waals surface area contributed by atoms with E-state index in [1.165, 1.54) is 44.5 Å². The Kier molecular flexibility index (Phi) is 5.91. The predicted molar refractivity (Wildman–Crippen MR) is 172 cm³/mol. The molecule has 2 aliphatic carbocycles. The predicted octanol–water partition coefficient (Wildman–Crippen LogP) is 9.16. The second-order valence-corrected chi connectivity index (χ2v) is 11.4. The van der Waals surface area contributed by atoms with Gasteiger partial charge in [0.1, 0.15) is 11.8 Å². The molecule has 0 spiro atoms. The number of benzene rings is 5. The normalized spacial score (nSPS) is 17.6. The van der Waals surface area contributed by atoms with Gasteiger partial charge in [0, 0.05) is 18.0 Å². The molecule has 2 aliphatic rings. The van der Waals surface area contributed by atoms with Gasteiger partial charge in [0.2, 0.25) is 0 Å². The monoisotopic (exact) mass is 548 g/mol. The summed E-state index contributed by atoms with van der Waals surface area (Å²) in [6.45, 7) is 0. The minimum absolute atomic E-state index is 0.139. The maximum Gasteiger partial charge on any atom is 0.141 e. The van der Waals surface area contributed by atoms with Crippen LogP contribution in [0.3, 0.4) is 0 Å². The molecule has 0 N–H and O–H groups in total. The van der Waals surface area contributed by atoms with Crippen LogP contribution in [0.2, 0.25) is 0 Å². The van der Waals surface area contributed by atoms with E-state index in [0.29, 0.717) is 5.69 Å². The second kappa shape index (κ2) is 10.1. The van der Waals surface area contributed by atoms with Crippen molar-refractivity contribution in [2.45, 2.75) is 11.3 Å². The van der Waals surface area contributed by atoms with Crippen molar-refractivity contribution in [3.05, 3.63) is 203 Å². The number of pyridine rings is 1. The standard InChI is InChI=1S/C41H28N2/c42-27-33-24-30(22-23-43-33)29-20-21-36-38(25-29)41(31-14-6-2-7-15-31,32-16-8-3-9-17-32)39-26-37(28-12-4-1-5-13-28)34-18-10-11-19-35(34)40(36)39/h1-26,39-40H. The molecule has 6 aromatic rings. The Morgan fingerprint density at radius 2 is 1.21 bits per heavy atom. The molecule has 2 unspecified atom stereocenters. The van der Waals surface area contributed by atoms with Crippen molar-refractivity contribution in [2.24, 2.45) is 5.92 Å².